The van der Waals surface area contributed by atoms with Crippen LogP contribution in [-0.2, 0) is 13.0 Å². The first-order valence-electron chi connectivity index (χ1n) is 5.15. The molecule has 1 heterocycles. The Morgan fingerprint density at radius 1 is 1.31 bits per heavy atom. The summed E-state index contributed by atoms with van der Waals surface area (Å²) < 4.78 is 2.90. The van der Waals surface area contributed by atoms with Crippen LogP contribution in [0.15, 0.2) is 34.8 Å². The van der Waals surface area contributed by atoms with Gasteiger partial charge in [0.1, 0.15) is 5.15 Å². The third kappa shape index (κ3) is 2.66. The van der Waals surface area contributed by atoms with E-state index >= 15 is 0 Å². The van der Waals surface area contributed by atoms with Crippen LogP contribution in [-0.4, -0.2) is 9.78 Å². The van der Waals surface area contributed by atoms with Crippen LogP contribution in [0.5, 0.6) is 0 Å². The molecule has 0 saturated carbocycles. The first-order chi connectivity index (χ1) is 7.69. The number of hydrogen-bond donors (Lipinski definition) is 0. The Balaban J connectivity index is 2.19. The SMILES string of the molecule is CCc1cc(Cl)n(Cc2ccc(Br)cc2)n1. The van der Waals surface area contributed by atoms with Crippen LogP contribution in [0.2, 0.25) is 5.15 Å². The summed E-state index contributed by atoms with van der Waals surface area (Å²) in [5.41, 5.74) is 2.22. The van der Waals surface area contributed by atoms with Gasteiger partial charge in [-0.15, -0.1) is 0 Å². The van der Waals surface area contributed by atoms with Crippen molar-refractivity contribution in [3.63, 3.8) is 0 Å². The summed E-state index contributed by atoms with van der Waals surface area (Å²) >= 11 is 9.51. The lowest BCUT2D eigenvalue weighted by Gasteiger charge is -2.03. The van der Waals surface area contributed by atoms with Crippen LogP contribution >= 0.6 is 27.5 Å². The third-order valence-electron chi connectivity index (χ3n) is 2.39. The fourth-order valence-corrected chi connectivity index (χ4v) is 1.98. The Bertz CT molecular complexity index is 476. The first kappa shape index (κ1) is 11.7. The molecule has 0 aliphatic carbocycles. The highest BCUT2D eigenvalue weighted by atomic mass is 79.9. The van der Waals surface area contributed by atoms with Gasteiger partial charge in [0.15, 0.2) is 0 Å². The maximum Gasteiger partial charge on any atom is 0.127 e. The van der Waals surface area contributed by atoms with Crippen LogP contribution in [0, 0.1) is 0 Å². The Labute approximate surface area is 108 Å². The predicted octanol–water partition coefficient (Wildman–Crippen LogP) is 3.91. The minimum absolute atomic E-state index is 0.694. The lowest BCUT2D eigenvalue weighted by Crippen LogP contribution is -2.02. The highest BCUT2D eigenvalue weighted by molar-refractivity contribution is 9.10. The normalized spacial score (nSPS) is 10.7. The maximum absolute atomic E-state index is 6.10. The highest BCUT2D eigenvalue weighted by Gasteiger charge is 2.04. The molecule has 0 spiro atoms. The van der Waals surface area contributed by atoms with Crippen molar-refractivity contribution in [2.45, 2.75) is 19.9 Å². The molecule has 4 heteroatoms. The van der Waals surface area contributed by atoms with Crippen LogP contribution in [0.4, 0.5) is 0 Å². The number of aromatic nitrogens is 2. The smallest absolute Gasteiger partial charge is 0.127 e. The summed E-state index contributed by atoms with van der Waals surface area (Å²) in [6.45, 7) is 2.79. The number of rotatable bonds is 3. The average Bonchev–Trinajstić information content (AvgIpc) is 2.63. The monoisotopic (exact) mass is 298 g/mol. The van der Waals surface area contributed by atoms with Gasteiger partial charge in [-0.1, -0.05) is 46.6 Å². The fraction of sp³-hybridized carbons (Fsp3) is 0.250. The Morgan fingerprint density at radius 2 is 2.00 bits per heavy atom. The minimum atomic E-state index is 0.694. The molecule has 0 radical (unpaired) electrons. The van der Waals surface area contributed by atoms with Crippen LogP contribution in [0.1, 0.15) is 18.2 Å². The summed E-state index contributed by atoms with van der Waals surface area (Å²) in [6.07, 6.45) is 0.910. The molecule has 0 bridgehead atoms. The summed E-state index contributed by atoms with van der Waals surface area (Å²) in [7, 11) is 0. The van der Waals surface area contributed by atoms with Crippen molar-refractivity contribution in [1.82, 2.24) is 9.78 Å². The Hall–Kier alpha value is -0.800. The summed E-state index contributed by atoms with van der Waals surface area (Å²) in [5, 5.41) is 5.11. The van der Waals surface area contributed by atoms with E-state index in [2.05, 4.69) is 40.1 Å². The molecule has 1 aromatic heterocycles. The van der Waals surface area contributed by atoms with Crippen LogP contribution in [0.25, 0.3) is 0 Å². The van der Waals surface area contributed by atoms with Crippen LogP contribution < -0.4 is 0 Å². The lowest BCUT2D eigenvalue weighted by molar-refractivity contribution is 0.674. The maximum atomic E-state index is 6.10. The standard InChI is InChI=1S/C12H12BrClN2/c1-2-11-7-12(14)16(15-11)8-9-3-5-10(13)6-4-9/h3-7H,2,8H2,1H3. The molecule has 16 heavy (non-hydrogen) atoms. The van der Waals surface area contributed by atoms with Gasteiger partial charge in [-0.05, 0) is 30.2 Å². The molecule has 0 unspecified atom stereocenters. The van der Waals surface area contributed by atoms with E-state index in [0.29, 0.717) is 11.7 Å². The molecule has 0 saturated heterocycles. The van der Waals surface area contributed by atoms with E-state index in [1.54, 1.807) is 0 Å². The minimum Gasteiger partial charge on any atom is -0.249 e. The summed E-state index contributed by atoms with van der Waals surface area (Å²) in [4.78, 5) is 0. The zero-order valence-corrected chi connectivity index (χ0v) is 11.3. The van der Waals surface area contributed by atoms with Gasteiger partial charge in [-0.2, -0.15) is 5.10 Å². The molecular weight excluding hydrogens is 288 g/mol. The fourth-order valence-electron chi connectivity index (χ4n) is 1.49. The average molecular weight is 300 g/mol. The third-order valence-corrected chi connectivity index (χ3v) is 3.22. The van der Waals surface area contributed by atoms with Crippen molar-refractivity contribution in [2.75, 3.05) is 0 Å². The van der Waals surface area contributed by atoms with Gasteiger partial charge < -0.3 is 0 Å². The van der Waals surface area contributed by atoms with E-state index in [9.17, 15) is 0 Å². The van der Waals surface area contributed by atoms with Gasteiger partial charge in [-0.3, -0.25) is 0 Å². The van der Waals surface area contributed by atoms with Crippen molar-refractivity contribution in [3.8, 4) is 0 Å². The zero-order valence-electron chi connectivity index (χ0n) is 8.95. The molecule has 2 rings (SSSR count). The van der Waals surface area contributed by atoms with Crippen molar-refractivity contribution in [2.24, 2.45) is 0 Å². The van der Waals surface area contributed by atoms with Crippen molar-refractivity contribution in [1.29, 1.82) is 0 Å². The molecular formula is C12H12BrClN2. The molecule has 0 fully saturated rings. The molecule has 0 aliphatic heterocycles. The molecule has 0 atom stereocenters. The molecule has 2 aromatic rings. The number of nitrogens with zero attached hydrogens (tertiary/aromatic N) is 2. The number of hydrogen-bond acceptors (Lipinski definition) is 1. The predicted molar refractivity (Wildman–Crippen MR) is 69.9 cm³/mol. The van der Waals surface area contributed by atoms with Crippen LogP contribution in [0.3, 0.4) is 0 Å². The van der Waals surface area contributed by atoms with E-state index in [1.165, 1.54) is 5.56 Å². The topological polar surface area (TPSA) is 17.8 Å². The number of aryl methyl sites for hydroxylation is 1. The quantitative estimate of drug-likeness (QED) is 0.840. The second-order valence-electron chi connectivity index (χ2n) is 3.60. The van der Waals surface area contributed by atoms with E-state index in [0.717, 1.165) is 16.6 Å². The van der Waals surface area contributed by atoms with Gasteiger partial charge in [0, 0.05) is 4.47 Å². The highest BCUT2D eigenvalue weighted by Crippen LogP contribution is 2.15. The van der Waals surface area contributed by atoms with E-state index in [-0.39, 0.29) is 0 Å². The molecule has 0 N–H and O–H groups in total. The van der Waals surface area contributed by atoms with E-state index < -0.39 is 0 Å². The van der Waals surface area contributed by atoms with Gasteiger partial charge in [-0.25, -0.2) is 4.68 Å². The molecule has 0 aliphatic rings. The van der Waals surface area contributed by atoms with Crippen molar-refractivity contribution < 1.29 is 0 Å². The van der Waals surface area contributed by atoms with Gasteiger partial charge in [0.25, 0.3) is 0 Å². The summed E-state index contributed by atoms with van der Waals surface area (Å²) in [5.74, 6) is 0. The van der Waals surface area contributed by atoms with E-state index in [4.69, 9.17) is 11.6 Å². The summed E-state index contributed by atoms with van der Waals surface area (Å²) in [6, 6.07) is 10.1. The number of benzene rings is 1. The Kier molecular flexibility index (Phi) is 3.66. The van der Waals surface area contributed by atoms with Gasteiger partial charge in [0.2, 0.25) is 0 Å². The Morgan fingerprint density at radius 3 is 2.56 bits per heavy atom. The van der Waals surface area contributed by atoms with Crippen molar-refractivity contribution in [3.05, 3.63) is 51.2 Å². The van der Waals surface area contributed by atoms with Gasteiger partial charge >= 0.3 is 0 Å². The van der Waals surface area contributed by atoms with Gasteiger partial charge in [0.05, 0.1) is 12.2 Å². The second kappa shape index (κ2) is 5.02. The van der Waals surface area contributed by atoms with E-state index in [1.807, 2.05) is 22.9 Å². The largest absolute Gasteiger partial charge is 0.249 e. The first-order valence-corrected chi connectivity index (χ1v) is 6.33. The molecule has 2 nitrogen and oxygen atoms in total. The lowest BCUT2D eigenvalue weighted by atomic mass is 10.2. The second-order valence-corrected chi connectivity index (χ2v) is 4.90. The zero-order chi connectivity index (χ0) is 11.5. The van der Waals surface area contributed by atoms with Crippen molar-refractivity contribution >= 4 is 27.5 Å². The molecule has 84 valence electrons. The molecule has 0 amide bonds. The number of halogens is 2. The molecule has 1 aromatic carbocycles.